The van der Waals surface area contributed by atoms with Gasteiger partial charge in [0, 0.05) is 18.0 Å². The summed E-state index contributed by atoms with van der Waals surface area (Å²) in [5.74, 6) is 0.895. The highest BCUT2D eigenvalue weighted by Crippen LogP contribution is 2.35. The molecule has 1 heterocycles. The Morgan fingerprint density at radius 1 is 1.56 bits per heavy atom. The van der Waals surface area contributed by atoms with Gasteiger partial charge in [-0.3, -0.25) is 4.99 Å². The minimum Gasteiger partial charge on any atom is -0.392 e. The molecule has 0 amide bonds. The molecule has 0 aromatic carbocycles. The highest BCUT2D eigenvalue weighted by molar-refractivity contribution is 5.81. The molecule has 2 rings (SSSR count). The van der Waals surface area contributed by atoms with E-state index in [4.69, 9.17) is 0 Å². The Hall–Kier alpha value is -0.770. The fourth-order valence-electron chi connectivity index (χ4n) is 2.53. The number of hydrogen-bond acceptors (Lipinski definition) is 4. The molecule has 3 N–H and O–H groups in total. The van der Waals surface area contributed by atoms with Crippen LogP contribution < -0.4 is 10.6 Å². The second kappa shape index (κ2) is 4.62. The Morgan fingerprint density at radius 2 is 2.38 bits per heavy atom. The molecule has 1 fully saturated rings. The van der Waals surface area contributed by atoms with Crippen LogP contribution in [0.15, 0.2) is 4.99 Å². The number of nitrogens with zero attached hydrogens (tertiary/aromatic N) is 1. The van der Waals surface area contributed by atoms with Crippen molar-refractivity contribution in [1.82, 2.24) is 10.6 Å². The van der Waals surface area contributed by atoms with Gasteiger partial charge < -0.3 is 15.7 Å². The monoisotopic (exact) mass is 225 g/mol. The molecule has 16 heavy (non-hydrogen) atoms. The summed E-state index contributed by atoms with van der Waals surface area (Å²) in [4.78, 5) is 4.37. The quantitative estimate of drug-likeness (QED) is 0.653. The number of nitrogens with one attached hydrogen (secondary N) is 2. The van der Waals surface area contributed by atoms with E-state index in [9.17, 15) is 5.11 Å². The zero-order valence-corrected chi connectivity index (χ0v) is 10.3. The van der Waals surface area contributed by atoms with Crippen molar-refractivity contribution in [2.75, 3.05) is 13.1 Å². The number of aliphatic imine (C=N–C) groups is 1. The van der Waals surface area contributed by atoms with Crippen molar-refractivity contribution in [3.63, 3.8) is 0 Å². The maximum Gasteiger partial charge on any atom is 0.191 e. The van der Waals surface area contributed by atoms with E-state index in [2.05, 4.69) is 29.5 Å². The van der Waals surface area contributed by atoms with Crippen molar-refractivity contribution in [1.29, 1.82) is 0 Å². The molecule has 0 radical (unpaired) electrons. The Morgan fingerprint density at radius 3 is 3.00 bits per heavy atom. The number of hydrogen-bond donors (Lipinski definition) is 3. The molecule has 0 bridgehead atoms. The van der Waals surface area contributed by atoms with Gasteiger partial charge in [0.1, 0.15) is 0 Å². The predicted octanol–water partition coefficient (Wildman–Crippen LogP) is 0.865. The van der Waals surface area contributed by atoms with Crippen molar-refractivity contribution in [3.8, 4) is 0 Å². The summed E-state index contributed by atoms with van der Waals surface area (Å²) in [7, 11) is 0. The van der Waals surface area contributed by atoms with Gasteiger partial charge in [-0.2, -0.15) is 0 Å². The van der Waals surface area contributed by atoms with Crippen LogP contribution in [0.25, 0.3) is 0 Å². The maximum atomic E-state index is 10.1. The predicted molar refractivity (Wildman–Crippen MR) is 65.5 cm³/mol. The molecule has 1 saturated carbocycles. The first-order chi connectivity index (χ1) is 7.60. The second-order valence-electron chi connectivity index (χ2n) is 5.50. The van der Waals surface area contributed by atoms with Crippen molar-refractivity contribution in [3.05, 3.63) is 0 Å². The van der Waals surface area contributed by atoms with Crippen LogP contribution in [0, 0.1) is 5.41 Å². The van der Waals surface area contributed by atoms with Gasteiger partial charge in [-0.25, -0.2) is 0 Å². The van der Waals surface area contributed by atoms with Gasteiger partial charge in [-0.05, 0) is 19.8 Å². The minimum absolute atomic E-state index is 0.00821. The van der Waals surface area contributed by atoms with E-state index >= 15 is 0 Å². The van der Waals surface area contributed by atoms with Gasteiger partial charge >= 0.3 is 0 Å². The van der Waals surface area contributed by atoms with Crippen LogP contribution in [0.3, 0.4) is 0 Å². The summed E-state index contributed by atoms with van der Waals surface area (Å²) in [6.45, 7) is 5.95. The Balaban J connectivity index is 1.84. The summed E-state index contributed by atoms with van der Waals surface area (Å²) in [5, 5.41) is 16.7. The highest BCUT2D eigenvalue weighted by atomic mass is 16.3. The number of aliphatic hydroxyl groups is 1. The zero-order chi connectivity index (χ0) is 11.6. The summed E-state index contributed by atoms with van der Waals surface area (Å²) < 4.78 is 0. The van der Waals surface area contributed by atoms with Crippen LogP contribution in [-0.2, 0) is 0 Å². The molecule has 4 nitrogen and oxygen atoms in total. The van der Waals surface area contributed by atoms with E-state index in [1.54, 1.807) is 0 Å². The Labute approximate surface area is 97.5 Å². The van der Waals surface area contributed by atoms with Gasteiger partial charge in [-0.15, -0.1) is 0 Å². The Bertz CT molecular complexity index is 279. The summed E-state index contributed by atoms with van der Waals surface area (Å²) >= 11 is 0. The fraction of sp³-hybridized carbons (Fsp3) is 0.917. The average Bonchev–Trinajstić information content (AvgIpc) is 2.67. The van der Waals surface area contributed by atoms with Crippen molar-refractivity contribution < 1.29 is 5.11 Å². The first-order valence-electron chi connectivity index (χ1n) is 6.33. The zero-order valence-electron chi connectivity index (χ0n) is 10.3. The largest absolute Gasteiger partial charge is 0.392 e. The highest BCUT2D eigenvalue weighted by Gasteiger charge is 2.35. The number of aliphatic hydroxyl groups excluding tert-OH is 1. The lowest BCUT2D eigenvalue weighted by molar-refractivity contribution is 0.00400. The SMILES string of the molecule is CC1CN=C(NCC2(C)CCCCC2O)N1. The van der Waals surface area contributed by atoms with E-state index in [1.165, 1.54) is 6.42 Å². The first-order valence-corrected chi connectivity index (χ1v) is 6.33. The maximum absolute atomic E-state index is 10.1. The molecule has 0 aromatic rings. The average molecular weight is 225 g/mol. The lowest BCUT2D eigenvalue weighted by Crippen LogP contribution is -2.48. The van der Waals surface area contributed by atoms with E-state index in [-0.39, 0.29) is 11.5 Å². The Kier molecular flexibility index (Phi) is 3.38. The van der Waals surface area contributed by atoms with E-state index in [0.717, 1.165) is 38.3 Å². The molecular weight excluding hydrogens is 202 g/mol. The molecule has 4 heteroatoms. The van der Waals surface area contributed by atoms with Gasteiger partial charge in [0.25, 0.3) is 0 Å². The van der Waals surface area contributed by atoms with Crippen molar-refractivity contribution >= 4 is 5.96 Å². The van der Waals surface area contributed by atoms with Crippen LogP contribution in [-0.4, -0.2) is 36.3 Å². The summed E-state index contributed by atoms with van der Waals surface area (Å²) in [6, 6.07) is 0.437. The van der Waals surface area contributed by atoms with E-state index < -0.39 is 0 Å². The summed E-state index contributed by atoms with van der Waals surface area (Å²) in [5.41, 5.74) is 0.00821. The second-order valence-corrected chi connectivity index (χ2v) is 5.50. The van der Waals surface area contributed by atoms with Crippen LogP contribution in [0.4, 0.5) is 0 Å². The number of guanidine groups is 1. The molecule has 0 saturated heterocycles. The fourth-order valence-corrected chi connectivity index (χ4v) is 2.53. The number of rotatable bonds is 2. The minimum atomic E-state index is -0.173. The van der Waals surface area contributed by atoms with Crippen molar-refractivity contribution in [2.45, 2.75) is 51.7 Å². The van der Waals surface area contributed by atoms with E-state index in [1.807, 2.05) is 0 Å². The standard InChI is InChI=1S/C12H23N3O/c1-9-7-13-11(15-9)14-8-12(2)6-4-3-5-10(12)16/h9-10,16H,3-8H2,1-2H3,(H2,13,14,15). The third kappa shape index (κ3) is 2.48. The van der Waals surface area contributed by atoms with Crippen molar-refractivity contribution in [2.24, 2.45) is 10.4 Å². The molecule has 3 unspecified atom stereocenters. The van der Waals surface area contributed by atoms with Crippen LogP contribution in [0.2, 0.25) is 0 Å². The summed E-state index contributed by atoms with van der Waals surface area (Å²) in [6.07, 6.45) is 4.25. The molecule has 0 aromatic heterocycles. The lowest BCUT2D eigenvalue weighted by atomic mass is 9.73. The third-order valence-corrected chi connectivity index (χ3v) is 3.85. The van der Waals surface area contributed by atoms with Crippen LogP contribution >= 0.6 is 0 Å². The smallest absolute Gasteiger partial charge is 0.191 e. The molecule has 2 aliphatic rings. The molecule has 0 spiro atoms. The molecule has 1 aliphatic carbocycles. The van der Waals surface area contributed by atoms with Gasteiger partial charge in [0.15, 0.2) is 5.96 Å². The van der Waals surface area contributed by atoms with Crippen LogP contribution in [0.1, 0.15) is 39.5 Å². The van der Waals surface area contributed by atoms with Gasteiger partial charge in [-0.1, -0.05) is 19.8 Å². The third-order valence-electron chi connectivity index (χ3n) is 3.85. The topological polar surface area (TPSA) is 56.7 Å². The first kappa shape index (κ1) is 11.7. The van der Waals surface area contributed by atoms with Gasteiger partial charge in [0.05, 0.1) is 12.6 Å². The molecule has 1 aliphatic heterocycles. The normalized spacial score (nSPS) is 39.1. The van der Waals surface area contributed by atoms with Crippen LogP contribution in [0.5, 0.6) is 0 Å². The molecular formula is C12H23N3O. The molecule has 3 atom stereocenters. The lowest BCUT2D eigenvalue weighted by Gasteiger charge is -2.38. The van der Waals surface area contributed by atoms with Gasteiger partial charge in [0.2, 0.25) is 0 Å². The van der Waals surface area contributed by atoms with E-state index in [0.29, 0.717) is 6.04 Å². The molecule has 92 valence electrons.